The average Bonchev–Trinajstić information content (AvgIpc) is 3.51. The zero-order chi connectivity index (χ0) is 29.8. The summed E-state index contributed by atoms with van der Waals surface area (Å²) in [5.41, 5.74) is -0.880. The number of amides is 3. The fraction of sp³-hybridized carbons (Fsp3) is 0.606. The molecule has 3 aliphatic heterocycles. The van der Waals surface area contributed by atoms with E-state index in [0.29, 0.717) is 51.9 Å². The number of hydrogen-bond acceptors (Lipinski definition) is 5. The summed E-state index contributed by atoms with van der Waals surface area (Å²) in [5, 5.41) is 9.18. The van der Waals surface area contributed by atoms with Crippen LogP contribution in [0.3, 0.4) is 0 Å². The number of fused-ring (bicyclic) bond motifs is 1. The van der Waals surface area contributed by atoms with E-state index in [1.165, 1.54) is 0 Å². The van der Waals surface area contributed by atoms with Gasteiger partial charge in [-0.2, -0.15) is 0 Å². The Kier molecular flexibility index (Phi) is 9.75. The highest BCUT2D eigenvalue weighted by atomic mass is 16.5. The van der Waals surface area contributed by atoms with Crippen molar-refractivity contribution in [3.05, 3.63) is 61.2 Å². The molecule has 8 nitrogen and oxygen atoms in total. The second-order valence-electron chi connectivity index (χ2n) is 12.3. The van der Waals surface area contributed by atoms with Gasteiger partial charge < -0.3 is 24.5 Å². The van der Waals surface area contributed by atoms with Crippen LogP contribution in [0.15, 0.2) is 55.6 Å². The van der Waals surface area contributed by atoms with E-state index in [2.05, 4.69) is 13.2 Å². The maximum Gasteiger partial charge on any atom is 0.248 e. The van der Waals surface area contributed by atoms with Gasteiger partial charge in [-0.15, -0.1) is 13.2 Å². The zero-order valence-electron chi connectivity index (χ0n) is 25.0. The van der Waals surface area contributed by atoms with Crippen LogP contribution >= 0.6 is 0 Å². The van der Waals surface area contributed by atoms with Crippen molar-refractivity contribution in [1.82, 2.24) is 14.7 Å². The minimum Gasteiger partial charge on any atom is -0.396 e. The number of rotatable bonds is 15. The normalized spacial score (nSPS) is 28.2. The van der Waals surface area contributed by atoms with Crippen molar-refractivity contribution in [2.75, 3.05) is 26.2 Å². The van der Waals surface area contributed by atoms with Gasteiger partial charge in [-0.3, -0.25) is 14.4 Å². The van der Waals surface area contributed by atoms with Crippen molar-refractivity contribution in [3.63, 3.8) is 0 Å². The van der Waals surface area contributed by atoms with Crippen molar-refractivity contribution < 1.29 is 24.2 Å². The molecule has 2 bridgehead atoms. The molecule has 4 rings (SSSR count). The summed E-state index contributed by atoms with van der Waals surface area (Å²) >= 11 is 0. The SMILES string of the molecule is C=CCN(Cc1ccccc1)C(=O)[C@H]1[C@H]2C(=O)N(CCCCCCO)C(C(=O)N(CC=C)C(C)C)C23CC[C@]1(C)O3. The molecule has 3 aliphatic rings. The Labute approximate surface area is 245 Å². The predicted molar refractivity (Wildman–Crippen MR) is 159 cm³/mol. The molecule has 224 valence electrons. The third kappa shape index (κ3) is 5.73. The molecule has 1 aromatic carbocycles. The molecule has 8 heteroatoms. The molecule has 3 fully saturated rings. The lowest BCUT2D eigenvalue weighted by Crippen LogP contribution is -2.57. The smallest absolute Gasteiger partial charge is 0.248 e. The zero-order valence-corrected chi connectivity index (χ0v) is 25.0. The molecule has 0 radical (unpaired) electrons. The summed E-state index contributed by atoms with van der Waals surface area (Å²) in [7, 11) is 0. The number of aliphatic hydroxyl groups excluding tert-OH is 1. The Balaban J connectivity index is 1.70. The van der Waals surface area contributed by atoms with Gasteiger partial charge in [0.1, 0.15) is 11.6 Å². The topological polar surface area (TPSA) is 90.4 Å². The van der Waals surface area contributed by atoms with Crippen LogP contribution in [0.4, 0.5) is 0 Å². The third-order valence-electron chi connectivity index (χ3n) is 9.19. The van der Waals surface area contributed by atoms with Crippen molar-refractivity contribution in [3.8, 4) is 0 Å². The largest absolute Gasteiger partial charge is 0.396 e. The molecule has 2 unspecified atom stereocenters. The van der Waals surface area contributed by atoms with Gasteiger partial charge in [0.15, 0.2) is 0 Å². The summed E-state index contributed by atoms with van der Waals surface area (Å²) in [4.78, 5) is 48.3. The molecular formula is C33H47N3O5. The van der Waals surface area contributed by atoms with E-state index in [9.17, 15) is 19.5 Å². The van der Waals surface area contributed by atoms with E-state index in [-0.39, 0.29) is 30.4 Å². The Morgan fingerprint density at radius 3 is 2.39 bits per heavy atom. The number of benzene rings is 1. The minimum atomic E-state index is -1.05. The van der Waals surface area contributed by atoms with Gasteiger partial charge in [-0.25, -0.2) is 0 Å². The maximum atomic E-state index is 14.4. The highest BCUT2D eigenvalue weighted by Crippen LogP contribution is 2.63. The first-order chi connectivity index (χ1) is 19.6. The summed E-state index contributed by atoms with van der Waals surface area (Å²) in [5.74, 6) is -1.84. The van der Waals surface area contributed by atoms with Crippen LogP contribution in [-0.4, -0.2) is 87.1 Å². The lowest BCUT2D eigenvalue weighted by Gasteiger charge is -2.38. The van der Waals surface area contributed by atoms with Gasteiger partial charge in [-0.1, -0.05) is 55.3 Å². The molecule has 3 saturated heterocycles. The van der Waals surface area contributed by atoms with E-state index in [0.717, 1.165) is 18.4 Å². The van der Waals surface area contributed by atoms with Gasteiger partial charge in [-0.05, 0) is 52.0 Å². The van der Waals surface area contributed by atoms with E-state index in [1.807, 2.05) is 51.1 Å². The quantitative estimate of drug-likeness (QED) is 0.257. The third-order valence-corrected chi connectivity index (χ3v) is 9.19. The van der Waals surface area contributed by atoms with Gasteiger partial charge in [0.05, 0.1) is 17.4 Å². The number of likely N-dealkylation sites (tertiary alicyclic amines) is 1. The number of aliphatic hydroxyl groups is 1. The molecule has 1 N–H and O–H groups in total. The monoisotopic (exact) mass is 565 g/mol. The van der Waals surface area contributed by atoms with Crippen LogP contribution in [0.5, 0.6) is 0 Å². The minimum absolute atomic E-state index is 0.0852. The van der Waals surface area contributed by atoms with Crippen LogP contribution < -0.4 is 0 Å². The number of hydrogen-bond donors (Lipinski definition) is 1. The first-order valence-electron chi connectivity index (χ1n) is 15.1. The van der Waals surface area contributed by atoms with Gasteiger partial charge >= 0.3 is 0 Å². The summed E-state index contributed by atoms with van der Waals surface area (Å²) < 4.78 is 6.83. The first-order valence-corrected chi connectivity index (χ1v) is 15.1. The predicted octanol–water partition coefficient (Wildman–Crippen LogP) is 3.94. The lowest BCUT2D eigenvalue weighted by atomic mass is 9.66. The average molecular weight is 566 g/mol. The second kappa shape index (κ2) is 12.9. The molecule has 1 aromatic rings. The highest BCUT2D eigenvalue weighted by molar-refractivity contribution is 5.99. The molecule has 0 aliphatic carbocycles. The van der Waals surface area contributed by atoms with Crippen LogP contribution in [0.2, 0.25) is 0 Å². The van der Waals surface area contributed by atoms with Crippen LogP contribution in [0.25, 0.3) is 0 Å². The van der Waals surface area contributed by atoms with Crippen molar-refractivity contribution in [1.29, 1.82) is 0 Å². The van der Waals surface area contributed by atoms with Crippen molar-refractivity contribution in [2.45, 2.75) is 89.1 Å². The van der Waals surface area contributed by atoms with Crippen LogP contribution in [-0.2, 0) is 25.7 Å². The molecule has 0 aromatic heterocycles. The Morgan fingerprint density at radius 2 is 1.76 bits per heavy atom. The van der Waals surface area contributed by atoms with E-state index in [4.69, 9.17) is 4.74 Å². The Hall–Kier alpha value is -2.97. The van der Waals surface area contributed by atoms with Crippen molar-refractivity contribution in [2.24, 2.45) is 11.8 Å². The number of nitrogens with zero attached hydrogens (tertiary/aromatic N) is 3. The number of carbonyl (C=O) groups excluding carboxylic acids is 3. The molecule has 5 atom stereocenters. The maximum absolute atomic E-state index is 14.4. The fourth-order valence-corrected chi connectivity index (χ4v) is 7.31. The molecular weight excluding hydrogens is 518 g/mol. The number of ether oxygens (including phenoxy) is 1. The van der Waals surface area contributed by atoms with Gasteiger partial charge in [0.2, 0.25) is 17.7 Å². The molecule has 0 saturated carbocycles. The lowest BCUT2D eigenvalue weighted by molar-refractivity contribution is -0.154. The Morgan fingerprint density at radius 1 is 1.07 bits per heavy atom. The van der Waals surface area contributed by atoms with Gasteiger partial charge in [0, 0.05) is 38.8 Å². The summed E-state index contributed by atoms with van der Waals surface area (Å²) in [6.45, 7) is 15.3. The molecule has 1 spiro atoms. The van der Waals surface area contributed by atoms with Crippen molar-refractivity contribution >= 4 is 17.7 Å². The molecule has 41 heavy (non-hydrogen) atoms. The first kappa shape index (κ1) is 31.0. The number of carbonyl (C=O) groups is 3. The fourth-order valence-electron chi connectivity index (χ4n) is 7.31. The highest BCUT2D eigenvalue weighted by Gasteiger charge is 2.78. The van der Waals surface area contributed by atoms with E-state index in [1.54, 1.807) is 26.9 Å². The van der Waals surface area contributed by atoms with Crippen LogP contribution in [0.1, 0.15) is 64.9 Å². The van der Waals surface area contributed by atoms with E-state index < -0.39 is 29.1 Å². The number of unbranched alkanes of at least 4 members (excludes halogenated alkanes) is 3. The summed E-state index contributed by atoms with van der Waals surface area (Å²) in [6.07, 6.45) is 7.71. The van der Waals surface area contributed by atoms with Gasteiger partial charge in [0.25, 0.3) is 0 Å². The van der Waals surface area contributed by atoms with E-state index >= 15 is 0 Å². The molecule has 3 heterocycles. The second-order valence-corrected chi connectivity index (χ2v) is 12.3. The summed E-state index contributed by atoms with van der Waals surface area (Å²) in [6, 6.07) is 8.93. The molecule has 3 amide bonds. The van der Waals surface area contributed by atoms with Crippen LogP contribution in [0, 0.1) is 11.8 Å². The Bertz CT molecular complexity index is 1120. The standard InChI is InChI=1S/C33H47N3O5/c1-6-19-34(23-25-15-11-10-12-16-25)29(38)26-27-30(39)36(21-13-8-9-14-22-37)28(31(40)35(20-7-2)24(3)4)33(27)18-17-32(26,5)41-33/h6-7,10-12,15-16,24,26-28,37H,1-2,8-9,13-14,17-23H2,3-5H3/t26-,27+,28?,32+,33?/m1/s1.